The number of hydrogen-bond acceptors (Lipinski definition) is 7. The minimum absolute atomic E-state index is 0.000157. The van der Waals surface area contributed by atoms with Crippen molar-refractivity contribution in [2.45, 2.75) is 141 Å². The molecule has 0 radical (unpaired) electrons. The first-order valence-electron chi connectivity index (χ1n) is 14.3. The molecule has 5 aliphatic rings. The van der Waals surface area contributed by atoms with E-state index in [9.17, 15) is 25.2 Å². The largest absolute Gasteiger partial charge is 0.390 e. The average Bonchev–Trinajstić information content (AvgIpc) is 3.17. The number of ether oxygens (including phenoxy) is 2. The van der Waals surface area contributed by atoms with Crippen LogP contribution in [0.15, 0.2) is 11.6 Å². The maximum absolute atomic E-state index is 13.4. The molecule has 0 aromatic rings. The summed E-state index contributed by atoms with van der Waals surface area (Å²) in [6.45, 7) is 13.8. The SMILES string of the molecule is CC(C)(O)CC[C@H]1OC(C)(C)O[C@]1(C)[C@H]1CC[C@@]2(O)C3=CC(=O)[C@@H]4C[C@H](O)[C@H](O)C[C@]4(C)[C@H]3CC[C@]12C. The summed E-state index contributed by atoms with van der Waals surface area (Å²) < 4.78 is 13.1. The number of ketones is 1. The number of hydrogen-bond donors (Lipinski definition) is 4. The number of aliphatic hydroxyl groups excluding tert-OH is 2. The first-order chi connectivity index (χ1) is 16.9. The van der Waals surface area contributed by atoms with Crippen LogP contribution in [0.2, 0.25) is 0 Å². The van der Waals surface area contributed by atoms with Gasteiger partial charge in [-0.3, -0.25) is 4.79 Å². The summed E-state index contributed by atoms with van der Waals surface area (Å²) in [6.07, 6.45) is 4.51. The Bertz CT molecular complexity index is 983. The summed E-state index contributed by atoms with van der Waals surface area (Å²) >= 11 is 0. The first kappa shape index (κ1) is 27.7. The van der Waals surface area contributed by atoms with Crippen LogP contribution in [0, 0.1) is 28.6 Å². The second-order valence-electron chi connectivity index (χ2n) is 14.7. The summed E-state index contributed by atoms with van der Waals surface area (Å²) in [7, 11) is 0. The summed E-state index contributed by atoms with van der Waals surface area (Å²) in [5.41, 5.74) is -2.79. The van der Waals surface area contributed by atoms with Crippen LogP contribution in [-0.4, -0.2) is 67.1 Å². The van der Waals surface area contributed by atoms with E-state index in [1.165, 1.54) is 0 Å². The fraction of sp³-hybridized carbons (Fsp3) is 0.900. The van der Waals surface area contributed by atoms with Crippen molar-refractivity contribution in [1.82, 2.24) is 0 Å². The second-order valence-corrected chi connectivity index (χ2v) is 14.7. The molecule has 7 heteroatoms. The third kappa shape index (κ3) is 4.02. The van der Waals surface area contributed by atoms with E-state index in [4.69, 9.17) is 9.47 Å². The zero-order valence-electron chi connectivity index (χ0n) is 23.7. The Hall–Kier alpha value is -0.830. The van der Waals surface area contributed by atoms with Crippen molar-refractivity contribution in [2.75, 3.05) is 0 Å². The average molecular weight is 521 g/mol. The third-order valence-corrected chi connectivity index (χ3v) is 11.4. The van der Waals surface area contributed by atoms with Crippen LogP contribution >= 0.6 is 0 Å². The Morgan fingerprint density at radius 2 is 1.70 bits per heavy atom. The standard InChI is InChI=1S/C30H48O7/c1-25(2,34)11-10-24-29(7,37-26(3,4)36-24)23-9-13-30(35)18-14-20(31)19-15-21(32)22(33)16-27(19,5)17(18)8-12-28(23,30)6/h14,17,19,21-24,32-35H,8-13,15-16H2,1-7H3/t17-,19-,21-,22+,23-,24+,27+,28+,29+,30+/m0/s1. The van der Waals surface area contributed by atoms with E-state index >= 15 is 0 Å². The monoisotopic (exact) mass is 520 g/mol. The maximum atomic E-state index is 13.4. The number of fused-ring (bicyclic) bond motifs is 5. The van der Waals surface area contributed by atoms with Gasteiger partial charge in [0, 0.05) is 11.3 Å². The van der Waals surface area contributed by atoms with Gasteiger partial charge >= 0.3 is 0 Å². The van der Waals surface area contributed by atoms with E-state index in [1.54, 1.807) is 6.08 Å². The van der Waals surface area contributed by atoms with Crippen molar-refractivity contribution >= 4 is 5.78 Å². The van der Waals surface area contributed by atoms with Gasteiger partial charge in [-0.15, -0.1) is 0 Å². The predicted molar refractivity (Wildman–Crippen MR) is 138 cm³/mol. The van der Waals surface area contributed by atoms with Gasteiger partial charge in [-0.25, -0.2) is 0 Å². The number of allylic oxidation sites excluding steroid dienone is 1. The van der Waals surface area contributed by atoms with Crippen LogP contribution in [0.5, 0.6) is 0 Å². The van der Waals surface area contributed by atoms with Gasteiger partial charge in [-0.1, -0.05) is 13.8 Å². The highest BCUT2D eigenvalue weighted by Gasteiger charge is 2.71. The lowest BCUT2D eigenvalue weighted by Crippen LogP contribution is -2.62. The molecule has 0 spiro atoms. The zero-order chi connectivity index (χ0) is 27.4. The van der Waals surface area contributed by atoms with E-state index in [-0.39, 0.29) is 36.1 Å². The van der Waals surface area contributed by atoms with Crippen LogP contribution in [-0.2, 0) is 14.3 Å². The molecule has 0 bridgehead atoms. The van der Waals surface area contributed by atoms with E-state index in [2.05, 4.69) is 20.8 Å². The molecule has 0 aromatic carbocycles. The van der Waals surface area contributed by atoms with E-state index < -0.39 is 45.6 Å². The number of carbonyl (C=O) groups is 1. The molecule has 37 heavy (non-hydrogen) atoms. The van der Waals surface area contributed by atoms with Crippen molar-refractivity contribution in [3.63, 3.8) is 0 Å². The lowest BCUT2D eigenvalue weighted by Gasteiger charge is -2.60. The molecule has 3 saturated carbocycles. The Kier molecular flexibility index (Phi) is 6.25. The number of rotatable bonds is 4. The minimum Gasteiger partial charge on any atom is -0.390 e. The van der Waals surface area contributed by atoms with Gasteiger partial charge in [0.1, 0.15) is 0 Å². The highest BCUT2D eigenvalue weighted by molar-refractivity contribution is 5.95. The molecule has 5 rings (SSSR count). The molecule has 1 aliphatic heterocycles. The minimum atomic E-state index is -1.15. The van der Waals surface area contributed by atoms with Crippen LogP contribution in [0.4, 0.5) is 0 Å². The Labute approximate surface area is 221 Å². The molecule has 4 N–H and O–H groups in total. The molecular weight excluding hydrogens is 472 g/mol. The van der Waals surface area contributed by atoms with Crippen molar-refractivity contribution in [3.8, 4) is 0 Å². The summed E-state index contributed by atoms with van der Waals surface area (Å²) in [5, 5.41) is 43.9. The third-order valence-electron chi connectivity index (χ3n) is 11.4. The molecule has 4 fully saturated rings. The molecular formula is C30H48O7. The molecule has 0 unspecified atom stereocenters. The van der Waals surface area contributed by atoms with E-state index in [0.717, 1.165) is 24.8 Å². The van der Waals surface area contributed by atoms with Crippen molar-refractivity contribution in [3.05, 3.63) is 11.6 Å². The Morgan fingerprint density at radius 1 is 1.03 bits per heavy atom. The lowest BCUT2D eigenvalue weighted by molar-refractivity contribution is -0.191. The Balaban J connectivity index is 1.51. The zero-order valence-corrected chi connectivity index (χ0v) is 23.7. The fourth-order valence-corrected chi connectivity index (χ4v) is 9.49. The highest BCUT2D eigenvalue weighted by Crippen LogP contribution is 2.69. The molecule has 1 saturated heterocycles. The quantitative estimate of drug-likeness (QED) is 0.447. The van der Waals surface area contributed by atoms with Gasteiger partial charge < -0.3 is 29.9 Å². The van der Waals surface area contributed by atoms with Crippen molar-refractivity contribution < 1.29 is 34.7 Å². The summed E-state index contributed by atoms with van der Waals surface area (Å²) in [6, 6.07) is 0. The van der Waals surface area contributed by atoms with Crippen LogP contribution in [0.3, 0.4) is 0 Å². The van der Waals surface area contributed by atoms with Crippen LogP contribution < -0.4 is 0 Å². The van der Waals surface area contributed by atoms with Crippen LogP contribution in [0.1, 0.15) is 99.8 Å². The van der Waals surface area contributed by atoms with Gasteiger partial charge in [0.25, 0.3) is 0 Å². The predicted octanol–water partition coefficient (Wildman–Crippen LogP) is 3.65. The molecule has 7 nitrogen and oxygen atoms in total. The smallest absolute Gasteiger partial charge is 0.164 e. The van der Waals surface area contributed by atoms with E-state index in [1.807, 2.05) is 27.7 Å². The first-order valence-corrected chi connectivity index (χ1v) is 14.3. The van der Waals surface area contributed by atoms with Crippen LogP contribution in [0.25, 0.3) is 0 Å². The highest BCUT2D eigenvalue weighted by atomic mass is 16.8. The molecule has 0 amide bonds. The van der Waals surface area contributed by atoms with Gasteiger partial charge in [0.2, 0.25) is 0 Å². The molecule has 4 aliphatic carbocycles. The number of carbonyl (C=O) groups excluding carboxylic acids is 1. The molecule has 1 heterocycles. The molecule has 10 atom stereocenters. The van der Waals surface area contributed by atoms with Crippen molar-refractivity contribution in [1.29, 1.82) is 0 Å². The molecule has 0 aromatic heterocycles. The molecule has 210 valence electrons. The normalized spacial score (nSPS) is 51.3. The summed E-state index contributed by atoms with van der Waals surface area (Å²) in [5.74, 6) is -1.14. The fourth-order valence-electron chi connectivity index (χ4n) is 9.49. The summed E-state index contributed by atoms with van der Waals surface area (Å²) in [4.78, 5) is 13.4. The van der Waals surface area contributed by atoms with Gasteiger partial charge in [0.05, 0.1) is 35.1 Å². The number of aliphatic hydroxyl groups is 4. The van der Waals surface area contributed by atoms with Crippen molar-refractivity contribution in [2.24, 2.45) is 28.6 Å². The topological polar surface area (TPSA) is 116 Å². The maximum Gasteiger partial charge on any atom is 0.164 e. The second kappa shape index (κ2) is 8.34. The Morgan fingerprint density at radius 3 is 2.35 bits per heavy atom. The van der Waals surface area contributed by atoms with Gasteiger partial charge in [-0.05, 0) is 115 Å². The van der Waals surface area contributed by atoms with Gasteiger partial charge in [-0.2, -0.15) is 0 Å². The lowest BCUT2D eigenvalue weighted by atomic mass is 9.45. The van der Waals surface area contributed by atoms with Gasteiger partial charge in [0.15, 0.2) is 11.6 Å². The van der Waals surface area contributed by atoms with E-state index in [0.29, 0.717) is 25.7 Å².